The summed E-state index contributed by atoms with van der Waals surface area (Å²) in [7, 11) is -3.65. The molecule has 0 saturated carbocycles. The van der Waals surface area contributed by atoms with Crippen molar-refractivity contribution in [2.45, 2.75) is 6.92 Å². The number of benzene rings is 2. The van der Waals surface area contributed by atoms with Gasteiger partial charge >= 0.3 is 0 Å². The average Bonchev–Trinajstić information content (AvgIpc) is 2.46. The fourth-order valence-corrected chi connectivity index (χ4v) is 3.60. The molecule has 0 radical (unpaired) electrons. The Morgan fingerprint density at radius 2 is 1.96 bits per heavy atom. The van der Waals surface area contributed by atoms with Gasteiger partial charge in [0.2, 0.25) is 15.9 Å². The van der Waals surface area contributed by atoms with E-state index in [9.17, 15) is 13.2 Å². The van der Waals surface area contributed by atoms with Gasteiger partial charge in [-0.2, -0.15) is 0 Å². The summed E-state index contributed by atoms with van der Waals surface area (Å²) in [6, 6.07) is 12.0. The number of amides is 1. The quantitative estimate of drug-likeness (QED) is 0.783. The van der Waals surface area contributed by atoms with E-state index in [4.69, 9.17) is 11.6 Å². The zero-order chi connectivity index (χ0) is 17.9. The molecule has 128 valence electrons. The monoisotopic (exact) mass is 430 g/mol. The Kier molecular flexibility index (Phi) is 5.90. The summed E-state index contributed by atoms with van der Waals surface area (Å²) in [4.78, 5) is 12.3. The number of nitrogens with zero attached hydrogens (tertiary/aromatic N) is 1. The Labute approximate surface area is 154 Å². The molecule has 5 nitrogen and oxygen atoms in total. The Morgan fingerprint density at radius 1 is 1.25 bits per heavy atom. The van der Waals surface area contributed by atoms with Crippen LogP contribution < -0.4 is 9.62 Å². The molecule has 2 aromatic carbocycles. The highest BCUT2D eigenvalue weighted by atomic mass is 79.9. The molecule has 0 saturated heterocycles. The third-order valence-corrected chi connectivity index (χ3v) is 5.09. The molecule has 8 heteroatoms. The molecule has 1 amide bonds. The lowest BCUT2D eigenvalue weighted by Crippen LogP contribution is -2.37. The molecule has 0 aliphatic carbocycles. The van der Waals surface area contributed by atoms with Gasteiger partial charge in [0.25, 0.3) is 0 Å². The normalized spacial score (nSPS) is 11.2. The summed E-state index contributed by atoms with van der Waals surface area (Å²) in [6.45, 7) is 1.42. The number of hydrogen-bond donors (Lipinski definition) is 1. The van der Waals surface area contributed by atoms with Gasteiger partial charge in [-0.15, -0.1) is 0 Å². The summed E-state index contributed by atoms with van der Waals surface area (Å²) < 4.78 is 26.1. The maximum Gasteiger partial charge on any atom is 0.245 e. The Hall–Kier alpha value is -1.57. The summed E-state index contributed by atoms with van der Waals surface area (Å²) in [5.41, 5.74) is 1.67. The molecule has 0 atom stereocenters. The minimum Gasteiger partial charge on any atom is -0.324 e. The number of halogens is 2. The molecule has 0 spiro atoms. The number of carbonyl (C=O) groups is 1. The fraction of sp³-hybridized carbons (Fsp3) is 0.188. The molecule has 0 bridgehead atoms. The second-order valence-electron chi connectivity index (χ2n) is 5.26. The van der Waals surface area contributed by atoms with E-state index in [-0.39, 0.29) is 6.54 Å². The van der Waals surface area contributed by atoms with Gasteiger partial charge < -0.3 is 5.32 Å². The molecule has 0 aliphatic rings. The summed E-state index contributed by atoms with van der Waals surface area (Å²) in [5, 5.41) is 3.08. The molecule has 0 fully saturated rings. The molecule has 2 aromatic rings. The first-order chi connectivity index (χ1) is 11.2. The molecule has 24 heavy (non-hydrogen) atoms. The zero-order valence-electron chi connectivity index (χ0n) is 13.1. The van der Waals surface area contributed by atoms with E-state index in [2.05, 4.69) is 21.2 Å². The van der Waals surface area contributed by atoms with Crippen molar-refractivity contribution in [3.05, 3.63) is 57.5 Å². The first-order valence-corrected chi connectivity index (χ1v) is 9.98. The van der Waals surface area contributed by atoms with Crippen LogP contribution in [0.4, 0.5) is 11.4 Å². The van der Waals surface area contributed by atoms with Gasteiger partial charge in [0, 0.05) is 15.2 Å². The Balaban J connectivity index is 2.27. The van der Waals surface area contributed by atoms with Crippen LogP contribution in [0.1, 0.15) is 5.56 Å². The lowest BCUT2D eigenvalue weighted by Gasteiger charge is -2.23. The number of carbonyl (C=O) groups excluding carboxylic acids is 1. The highest BCUT2D eigenvalue weighted by Crippen LogP contribution is 2.26. The minimum absolute atomic E-state index is 0.341. The molecule has 2 rings (SSSR count). The summed E-state index contributed by atoms with van der Waals surface area (Å²) in [5.74, 6) is -0.446. The largest absolute Gasteiger partial charge is 0.324 e. The third kappa shape index (κ3) is 4.96. The molecule has 1 N–H and O–H groups in total. The van der Waals surface area contributed by atoms with Gasteiger partial charge in [-0.25, -0.2) is 8.42 Å². The van der Waals surface area contributed by atoms with Crippen LogP contribution in [-0.4, -0.2) is 27.1 Å². The van der Waals surface area contributed by atoms with Crippen LogP contribution in [0.15, 0.2) is 46.9 Å². The van der Waals surface area contributed by atoms with Crippen LogP contribution >= 0.6 is 27.5 Å². The van der Waals surface area contributed by atoms with Gasteiger partial charge in [0.15, 0.2) is 0 Å². The number of hydrogen-bond acceptors (Lipinski definition) is 3. The van der Waals surface area contributed by atoms with E-state index < -0.39 is 15.9 Å². The molecular weight excluding hydrogens is 416 g/mol. The van der Waals surface area contributed by atoms with E-state index >= 15 is 0 Å². The predicted molar refractivity (Wildman–Crippen MR) is 101 cm³/mol. The van der Waals surface area contributed by atoms with Crippen LogP contribution in [0, 0.1) is 6.92 Å². The topological polar surface area (TPSA) is 66.5 Å². The average molecular weight is 432 g/mol. The van der Waals surface area contributed by atoms with Crippen molar-refractivity contribution in [1.82, 2.24) is 0 Å². The van der Waals surface area contributed by atoms with Gasteiger partial charge in [-0.1, -0.05) is 39.7 Å². The maximum atomic E-state index is 12.3. The van der Waals surface area contributed by atoms with E-state index in [1.165, 1.54) is 6.07 Å². The van der Waals surface area contributed by atoms with Crippen molar-refractivity contribution < 1.29 is 13.2 Å². The van der Waals surface area contributed by atoms with Crippen molar-refractivity contribution in [3.63, 3.8) is 0 Å². The Morgan fingerprint density at radius 3 is 2.58 bits per heavy atom. The van der Waals surface area contributed by atoms with Gasteiger partial charge in [-0.3, -0.25) is 9.10 Å². The van der Waals surface area contributed by atoms with Crippen molar-refractivity contribution in [3.8, 4) is 0 Å². The second-order valence-corrected chi connectivity index (χ2v) is 8.52. The first kappa shape index (κ1) is 18.8. The van der Waals surface area contributed by atoms with Crippen LogP contribution in [0.2, 0.25) is 5.02 Å². The lowest BCUT2D eigenvalue weighted by atomic mass is 10.2. The summed E-state index contributed by atoms with van der Waals surface area (Å²) >= 11 is 9.28. The van der Waals surface area contributed by atoms with Crippen molar-refractivity contribution in [2.75, 3.05) is 22.4 Å². The number of sulfonamides is 1. The molecule has 0 aromatic heterocycles. The second kappa shape index (κ2) is 7.55. The predicted octanol–water partition coefficient (Wildman–Crippen LogP) is 3.82. The van der Waals surface area contributed by atoms with Crippen LogP contribution in [0.5, 0.6) is 0 Å². The van der Waals surface area contributed by atoms with Crippen LogP contribution in [-0.2, 0) is 14.8 Å². The van der Waals surface area contributed by atoms with E-state index in [1.54, 1.807) is 37.3 Å². The highest BCUT2D eigenvalue weighted by molar-refractivity contribution is 9.10. The molecule has 0 unspecified atom stereocenters. The smallest absolute Gasteiger partial charge is 0.245 e. The van der Waals surface area contributed by atoms with Gasteiger partial charge in [-0.05, 0) is 42.8 Å². The first-order valence-electron chi connectivity index (χ1n) is 6.96. The lowest BCUT2D eigenvalue weighted by molar-refractivity contribution is -0.114. The minimum atomic E-state index is -3.65. The fourth-order valence-electron chi connectivity index (χ4n) is 2.13. The Bertz CT molecular complexity index is 871. The van der Waals surface area contributed by atoms with Crippen LogP contribution in [0.3, 0.4) is 0 Å². The maximum absolute atomic E-state index is 12.3. The molecule has 0 heterocycles. The summed E-state index contributed by atoms with van der Waals surface area (Å²) in [6.07, 6.45) is 1.06. The zero-order valence-corrected chi connectivity index (χ0v) is 16.2. The number of anilines is 2. The van der Waals surface area contributed by atoms with E-state index in [0.29, 0.717) is 22.0 Å². The van der Waals surface area contributed by atoms with E-state index in [1.807, 2.05) is 6.07 Å². The van der Waals surface area contributed by atoms with E-state index in [0.717, 1.165) is 15.0 Å². The van der Waals surface area contributed by atoms with Gasteiger partial charge in [0.1, 0.15) is 6.54 Å². The SMILES string of the molecule is Cc1ccc(Cl)cc1N(CC(=O)Nc1cccc(Br)c1)S(C)(=O)=O. The van der Waals surface area contributed by atoms with Crippen LogP contribution in [0.25, 0.3) is 0 Å². The van der Waals surface area contributed by atoms with Crippen molar-refractivity contribution >= 4 is 54.8 Å². The van der Waals surface area contributed by atoms with Gasteiger partial charge in [0.05, 0.1) is 11.9 Å². The van der Waals surface area contributed by atoms with Crippen molar-refractivity contribution in [2.24, 2.45) is 0 Å². The van der Waals surface area contributed by atoms with Crippen molar-refractivity contribution in [1.29, 1.82) is 0 Å². The third-order valence-electron chi connectivity index (χ3n) is 3.24. The standard InChI is InChI=1S/C16H16BrClN2O3S/c1-11-6-7-13(18)9-15(11)20(24(2,22)23)10-16(21)19-14-5-3-4-12(17)8-14/h3-9H,10H2,1-2H3,(H,19,21). The highest BCUT2D eigenvalue weighted by Gasteiger charge is 2.22. The number of rotatable bonds is 5. The molecular formula is C16H16BrClN2O3S. The molecule has 0 aliphatic heterocycles. The number of nitrogens with one attached hydrogen (secondary N) is 1. The number of aryl methyl sites for hydroxylation is 1.